The van der Waals surface area contributed by atoms with Gasteiger partial charge in [-0.3, -0.25) is 4.79 Å². The van der Waals surface area contributed by atoms with E-state index in [-0.39, 0.29) is 5.91 Å². The normalized spacial score (nSPS) is 11.6. The van der Waals surface area contributed by atoms with E-state index in [4.69, 9.17) is 9.47 Å². The molecule has 0 saturated carbocycles. The molecule has 0 unspecified atom stereocenters. The number of hydrogen-bond donors (Lipinski definition) is 1. The number of benzene rings is 2. The monoisotopic (exact) mass is 349 g/mol. The van der Waals surface area contributed by atoms with Gasteiger partial charge in [-0.15, -0.1) is 0 Å². The minimum Gasteiger partial charge on any atom is -0.497 e. The highest BCUT2D eigenvalue weighted by Gasteiger charge is 2.15. The first-order valence-electron chi connectivity index (χ1n) is 6.45. The molecule has 0 aromatic heterocycles. The lowest BCUT2D eigenvalue weighted by atomic mass is 10.3. The summed E-state index contributed by atoms with van der Waals surface area (Å²) in [5.74, 6) is 1.06. The third-order valence-corrected chi connectivity index (χ3v) is 3.31. The lowest BCUT2D eigenvalue weighted by Gasteiger charge is -2.15. The van der Waals surface area contributed by atoms with Crippen molar-refractivity contribution in [3.05, 3.63) is 53.0 Å². The van der Waals surface area contributed by atoms with Gasteiger partial charge in [0.2, 0.25) is 0 Å². The molecule has 1 amide bonds. The molecule has 0 aliphatic carbocycles. The minimum absolute atomic E-state index is 0.212. The maximum atomic E-state index is 12.1. The maximum absolute atomic E-state index is 12.1. The summed E-state index contributed by atoms with van der Waals surface area (Å²) in [7, 11) is 1.59. The van der Waals surface area contributed by atoms with E-state index >= 15 is 0 Å². The second-order valence-electron chi connectivity index (χ2n) is 4.44. The van der Waals surface area contributed by atoms with Crippen molar-refractivity contribution in [1.82, 2.24) is 0 Å². The van der Waals surface area contributed by atoms with Crippen molar-refractivity contribution in [2.75, 3.05) is 12.4 Å². The van der Waals surface area contributed by atoms with Gasteiger partial charge in [0.1, 0.15) is 11.5 Å². The van der Waals surface area contributed by atoms with Crippen LogP contribution in [0.4, 0.5) is 5.69 Å². The number of hydrogen-bond acceptors (Lipinski definition) is 3. The zero-order chi connectivity index (χ0) is 15.2. The van der Waals surface area contributed by atoms with Gasteiger partial charge in [0.05, 0.1) is 7.11 Å². The van der Waals surface area contributed by atoms with Gasteiger partial charge < -0.3 is 14.8 Å². The molecular weight excluding hydrogens is 334 g/mol. The molecule has 0 aliphatic rings. The topological polar surface area (TPSA) is 47.6 Å². The molecule has 0 aliphatic heterocycles. The number of ether oxygens (including phenoxy) is 2. The quantitative estimate of drug-likeness (QED) is 0.891. The van der Waals surface area contributed by atoms with Crippen LogP contribution in [-0.2, 0) is 4.79 Å². The van der Waals surface area contributed by atoms with Crippen molar-refractivity contribution in [1.29, 1.82) is 0 Å². The molecule has 0 bridgehead atoms. The van der Waals surface area contributed by atoms with E-state index in [1.807, 2.05) is 36.4 Å². The Morgan fingerprint density at radius 1 is 1.14 bits per heavy atom. The Labute approximate surface area is 132 Å². The summed E-state index contributed by atoms with van der Waals surface area (Å²) in [6.45, 7) is 1.70. The highest BCUT2D eigenvalue weighted by molar-refractivity contribution is 9.10. The van der Waals surface area contributed by atoms with Gasteiger partial charge in [0.25, 0.3) is 5.91 Å². The molecule has 21 heavy (non-hydrogen) atoms. The standard InChI is InChI=1S/C16H16BrNO3/c1-11(21-15-8-4-7-14(10-15)20-2)16(19)18-13-6-3-5-12(17)9-13/h3-11H,1-2H3,(H,18,19)/t11-/m1/s1. The van der Waals surface area contributed by atoms with Gasteiger partial charge in [-0.1, -0.05) is 28.1 Å². The summed E-state index contributed by atoms with van der Waals surface area (Å²) >= 11 is 3.36. The van der Waals surface area contributed by atoms with Gasteiger partial charge in [0.15, 0.2) is 6.10 Å². The van der Waals surface area contributed by atoms with Crippen LogP contribution in [0.25, 0.3) is 0 Å². The van der Waals surface area contributed by atoms with Crippen molar-refractivity contribution in [2.45, 2.75) is 13.0 Å². The predicted molar refractivity (Wildman–Crippen MR) is 85.9 cm³/mol. The largest absolute Gasteiger partial charge is 0.497 e. The number of methoxy groups -OCH3 is 1. The fourth-order valence-electron chi connectivity index (χ4n) is 1.74. The molecule has 0 radical (unpaired) electrons. The van der Waals surface area contributed by atoms with E-state index in [1.54, 1.807) is 26.2 Å². The number of halogens is 1. The molecule has 2 rings (SSSR count). The van der Waals surface area contributed by atoms with Crippen LogP contribution in [0.5, 0.6) is 11.5 Å². The van der Waals surface area contributed by atoms with Crippen molar-refractivity contribution >= 4 is 27.5 Å². The van der Waals surface area contributed by atoms with Crippen molar-refractivity contribution in [3.8, 4) is 11.5 Å². The fraction of sp³-hybridized carbons (Fsp3) is 0.188. The lowest BCUT2D eigenvalue weighted by molar-refractivity contribution is -0.122. The summed E-state index contributed by atoms with van der Waals surface area (Å²) in [6, 6.07) is 14.6. The maximum Gasteiger partial charge on any atom is 0.265 e. The number of anilines is 1. The Balaban J connectivity index is 1.99. The van der Waals surface area contributed by atoms with Crippen LogP contribution in [0.15, 0.2) is 53.0 Å². The third kappa shape index (κ3) is 4.49. The van der Waals surface area contributed by atoms with Gasteiger partial charge in [0, 0.05) is 16.2 Å². The van der Waals surface area contributed by atoms with Crippen molar-refractivity contribution in [2.24, 2.45) is 0 Å². The molecule has 0 heterocycles. The first-order valence-corrected chi connectivity index (χ1v) is 7.25. The molecule has 0 spiro atoms. The van der Waals surface area contributed by atoms with Crippen LogP contribution in [-0.4, -0.2) is 19.1 Å². The molecule has 0 fully saturated rings. The van der Waals surface area contributed by atoms with Crippen LogP contribution in [0.2, 0.25) is 0 Å². The number of carbonyl (C=O) groups is 1. The Hall–Kier alpha value is -2.01. The van der Waals surface area contributed by atoms with Gasteiger partial charge >= 0.3 is 0 Å². The van der Waals surface area contributed by atoms with E-state index in [0.717, 1.165) is 10.2 Å². The summed E-state index contributed by atoms with van der Waals surface area (Å²) < 4.78 is 11.6. The van der Waals surface area contributed by atoms with Gasteiger partial charge in [-0.25, -0.2) is 0 Å². The Morgan fingerprint density at radius 2 is 1.86 bits per heavy atom. The number of amides is 1. The van der Waals surface area contributed by atoms with Crippen LogP contribution < -0.4 is 14.8 Å². The van der Waals surface area contributed by atoms with E-state index in [1.165, 1.54) is 0 Å². The second kappa shape index (κ2) is 7.13. The van der Waals surface area contributed by atoms with Crippen LogP contribution in [0, 0.1) is 0 Å². The molecular formula is C16H16BrNO3. The average Bonchev–Trinajstić information content (AvgIpc) is 2.47. The second-order valence-corrected chi connectivity index (χ2v) is 5.35. The first-order chi connectivity index (χ1) is 10.1. The lowest BCUT2D eigenvalue weighted by Crippen LogP contribution is -2.30. The molecule has 4 nitrogen and oxygen atoms in total. The molecule has 2 aromatic carbocycles. The van der Waals surface area contributed by atoms with Crippen LogP contribution in [0.1, 0.15) is 6.92 Å². The van der Waals surface area contributed by atoms with E-state index < -0.39 is 6.10 Å². The van der Waals surface area contributed by atoms with Gasteiger partial charge in [-0.05, 0) is 37.3 Å². The SMILES string of the molecule is COc1cccc(O[C@H](C)C(=O)Nc2cccc(Br)c2)c1. The molecule has 0 saturated heterocycles. The summed E-state index contributed by atoms with van der Waals surface area (Å²) in [4.78, 5) is 12.1. The van der Waals surface area contributed by atoms with Crippen LogP contribution >= 0.6 is 15.9 Å². The van der Waals surface area contributed by atoms with E-state index in [2.05, 4.69) is 21.2 Å². The smallest absolute Gasteiger partial charge is 0.265 e. The first kappa shape index (κ1) is 15.4. The highest BCUT2D eigenvalue weighted by atomic mass is 79.9. The van der Waals surface area contributed by atoms with E-state index in [0.29, 0.717) is 11.5 Å². The van der Waals surface area contributed by atoms with Crippen LogP contribution in [0.3, 0.4) is 0 Å². The summed E-state index contributed by atoms with van der Waals surface area (Å²) in [5, 5.41) is 2.81. The zero-order valence-electron chi connectivity index (χ0n) is 11.8. The molecule has 1 N–H and O–H groups in total. The molecule has 1 atom stereocenters. The number of carbonyl (C=O) groups excluding carboxylic acids is 1. The fourth-order valence-corrected chi connectivity index (χ4v) is 2.14. The summed E-state index contributed by atoms with van der Waals surface area (Å²) in [6.07, 6.45) is -0.615. The van der Waals surface area contributed by atoms with Gasteiger partial charge in [-0.2, -0.15) is 0 Å². The van der Waals surface area contributed by atoms with Crippen molar-refractivity contribution < 1.29 is 14.3 Å². The number of rotatable bonds is 5. The summed E-state index contributed by atoms with van der Waals surface area (Å²) in [5.41, 5.74) is 0.718. The average molecular weight is 350 g/mol. The Kier molecular flexibility index (Phi) is 5.22. The number of nitrogens with one attached hydrogen (secondary N) is 1. The van der Waals surface area contributed by atoms with E-state index in [9.17, 15) is 4.79 Å². The zero-order valence-corrected chi connectivity index (χ0v) is 13.4. The third-order valence-electron chi connectivity index (χ3n) is 2.82. The molecule has 110 valence electrons. The molecule has 5 heteroatoms. The Bertz CT molecular complexity index is 630. The molecule has 2 aromatic rings. The highest BCUT2D eigenvalue weighted by Crippen LogP contribution is 2.21. The Morgan fingerprint density at radius 3 is 2.57 bits per heavy atom. The minimum atomic E-state index is -0.615. The predicted octanol–water partition coefficient (Wildman–Crippen LogP) is 3.86. The van der Waals surface area contributed by atoms with Crippen molar-refractivity contribution in [3.63, 3.8) is 0 Å².